The summed E-state index contributed by atoms with van der Waals surface area (Å²) in [7, 11) is 0. The number of thioether (sulfide) groups is 1. The first-order valence-corrected chi connectivity index (χ1v) is 9.10. The van der Waals surface area contributed by atoms with Gasteiger partial charge in [0, 0.05) is 12.1 Å². The van der Waals surface area contributed by atoms with Gasteiger partial charge in [-0.25, -0.2) is 0 Å². The van der Waals surface area contributed by atoms with E-state index in [9.17, 15) is 24.8 Å². The van der Waals surface area contributed by atoms with Gasteiger partial charge >= 0.3 is 5.97 Å². The van der Waals surface area contributed by atoms with Gasteiger partial charge in [-0.15, -0.1) is 5.10 Å². The minimum Gasteiger partial charge on any atom is -0.508 e. The van der Waals surface area contributed by atoms with Crippen LogP contribution in [0.1, 0.15) is 12.0 Å². The summed E-state index contributed by atoms with van der Waals surface area (Å²) in [6.45, 7) is 0. The molecule has 1 aliphatic rings. The summed E-state index contributed by atoms with van der Waals surface area (Å²) < 4.78 is 0. The van der Waals surface area contributed by atoms with Crippen molar-refractivity contribution in [3.8, 4) is 5.75 Å². The summed E-state index contributed by atoms with van der Waals surface area (Å²) in [6, 6.07) is 11.5. The molecule has 0 aliphatic carbocycles. The lowest BCUT2D eigenvalue weighted by Crippen LogP contribution is -2.32. The van der Waals surface area contributed by atoms with Crippen molar-refractivity contribution in [2.75, 3.05) is 4.90 Å². The highest BCUT2D eigenvalue weighted by Gasteiger charge is 2.40. The molecule has 1 amide bonds. The lowest BCUT2D eigenvalue weighted by molar-refractivity contribution is -0.384. The number of carbonyl (C=O) groups is 2. The zero-order chi connectivity index (χ0) is 21.0. The normalized spacial score (nSPS) is 17.9. The van der Waals surface area contributed by atoms with Gasteiger partial charge in [0.2, 0.25) is 5.91 Å². The second kappa shape index (κ2) is 8.52. The van der Waals surface area contributed by atoms with Crippen LogP contribution in [0, 0.1) is 10.1 Å². The van der Waals surface area contributed by atoms with Gasteiger partial charge in [0.15, 0.2) is 5.17 Å². The summed E-state index contributed by atoms with van der Waals surface area (Å²) in [5.41, 5.74) is 0.922. The highest BCUT2D eigenvalue weighted by Crippen LogP contribution is 2.34. The molecule has 2 aromatic carbocycles. The molecule has 0 saturated carbocycles. The molecule has 1 saturated heterocycles. The van der Waals surface area contributed by atoms with Crippen molar-refractivity contribution in [1.82, 2.24) is 0 Å². The molecule has 1 fully saturated rings. The fraction of sp³-hybridized carbons (Fsp3) is 0.111. The Morgan fingerprint density at radius 3 is 2.45 bits per heavy atom. The Morgan fingerprint density at radius 2 is 1.86 bits per heavy atom. The van der Waals surface area contributed by atoms with Crippen LogP contribution in [0.4, 0.5) is 11.4 Å². The predicted octanol–water partition coefficient (Wildman–Crippen LogP) is 2.61. The molecule has 2 N–H and O–H groups in total. The zero-order valence-corrected chi connectivity index (χ0v) is 15.5. The van der Waals surface area contributed by atoms with Crippen molar-refractivity contribution in [3.63, 3.8) is 0 Å². The molecule has 29 heavy (non-hydrogen) atoms. The molecule has 0 aromatic heterocycles. The van der Waals surface area contributed by atoms with Gasteiger partial charge in [0.25, 0.3) is 5.69 Å². The molecule has 1 unspecified atom stereocenters. The lowest BCUT2D eigenvalue weighted by Gasteiger charge is -2.15. The molecule has 0 spiro atoms. The van der Waals surface area contributed by atoms with Crippen LogP contribution in [-0.2, 0) is 9.59 Å². The van der Waals surface area contributed by atoms with Gasteiger partial charge in [0.1, 0.15) is 11.0 Å². The number of nitrogens with zero attached hydrogens (tertiary/aromatic N) is 4. The molecule has 0 bridgehead atoms. The number of carboxylic acid groups (broad SMARTS) is 1. The number of nitro groups is 1. The van der Waals surface area contributed by atoms with Gasteiger partial charge in [0.05, 0.1) is 23.2 Å². The minimum atomic E-state index is -1.11. The minimum absolute atomic E-state index is 0.0183. The van der Waals surface area contributed by atoms with E-state index < -0.39 is 22.0 Å². The summed E-state index contributed by atoms with van der Waals surface area (Å²) in [5, 5.41) is 36.4. The molecule has 3 rings (SSSR count). The monoisotopic (exact) mass is 414 g/mol. The van der Waals surface area contributed by atoms with Crippen LogP contribution >= 0.6 is 11.8 Å². The van der Waals surface area contributed by atoms with E-state index in [2.05, 4.69) is 10.2 Å². The number of rotatable bonds is 6. The largest absolute Gasteiger partial charge is 0.508 e. The molecular weight excluding hydrogens is 400 g/mol. The average Bonchev–Trinajstić information content (AvgIpc) is 2.98. The molecule has 2 aromatic rings. The highest BCUT2D eigenvalue weighted by atomic mass is 32.2. The van der Waals surface area contributed by atoms with Crippen molar-refractivity contribution in [2.24, 2.45) is 10.2 Å². The first-order chi connectivity index (χ1) is 13.8. The molecule has 1 aliphatic heterocycles. The molecule has 0 radical (unpaired) electrons. The van der Waals surface area contributed by atoms with Gasteiger partial charge in [-0.1, -0.05) is 11.8 Å². The third-order valence-corrected chi connectivity index (χ3v) is 4.98. The predicted molar refractivity (Wildman–Crippen MR) is 107 cm³/mol. The number of amides is 1. The molecule has 11 heteroatoms. The molecule has 1 atom stereocenters. The molecule has 10 nitrogen and oxygen atoms in total. The second-order valence-electron chi connectivity index (χ2n) is 5.87. The van der Waals surface area contributed by atoms with E-state index in [1.54, 1.807) is 0 Å². The van der Waals surface area contributed by atoms with E-state index in [0.29, 0.717) is 11.3 Å². The van der Waals surface area contributed by atoms with Crippen LogP contribution in [0.2, 0.25) is 0 Å². The SMILES string of the molecule is O=C(O)CC1S/C(=N/N=C/c2ccc([N+](=O)[O-])cc2)N(c2ccc(O)cc2)C1=O. The number of aromatic hydroxyl groups is 1. The Balaban J connectivity index is 1.86. The maximum atomic E-state index is 12.7. The number of carboxylic acids is 1. The standard InChI is InChI=1S/C18H14N4O6S/c23-14-7-5-12(6-8-14)21-17(26)15(9-16(24)25)29-18(21)20-19-10-11-1-3-13(4-2-11)22(27)28/h1-8,10,15,23H,9H2,(H,24,25)/b19-10+,20-18+. The average molecular weight is 414 g/mol. The Labute approximate surface area is 168 Å². The van der Waals surface area contributed by atoms with Crippen molar-refractivity contribution in [3.05, 3.63) is 64.2 Å². The fourth-order valence-electron chi connectivity index (χ4n) is 2.49. The number of phenolic OH excluding ortho intramolecular Hbond substituents is 1. The number of anilines is 1. The van der Waals surface area contributed by atoms with Crippen molar-refractivity contribution >= 4 is 46.4 Å². The number of hydrogen-bond acceptors (Lipinski definition) is 8. The topological polar surface area (TPSA) is 146 Å². The number of carbonyl (C=O) groups excluding carboxylic acids is 1. The van der Waals surface area contributed by atoms with Crippen molar-refractivity contribution in [1.29, 1.82) is 0 Å². The molecular formula is C18H14N4O6S. The van der Waals surface area contributed by atoms with Gasteiger partial charge in [-0.05, 0) is 42.0 Å². The number of aliphatic carboxylic acids is 1. The first-order valence-electron chi connectivity index (χ1n) is 8.22. The van der Waals surface area contributed by atoms with Gasteiger partial charge in [-0.2, -0.15) is 5.10 Å². The first kappa shape index (κ1) is 20.0. The van der Waals surface area contributed by atoms with E-state index >= 15 is 0 Å². The second-order valence-corrected chi connectivity index (χ2v) is 7.04. The zero-order valence-electron chi connectivity index (χ0n) is 14.7. The maximum Gasteiger partial charge on any atom is 0.305 e. The highest BCUT2D eigenvalue weighted by molar-refractivity contribution is 8.16. The summed E-state index contributed by atoms with van der Waals surface area (Å²) in [5.74, 6) is -1.55. The van der Waals surface area contributed by atoms with Gasteiger partial charge < -0.3 is 10.2 Å². The van der Waals surface area contributed by atoms with Crippen LogP contribution in [0.15, 0.2) is 58.7 Å². The quantitative estimate of drug-likeness (QED) is 0.420. The summed E-state index contributed by atoms with van der Waals surface area (Å²) in [6.07, 6.45) is 0.991. The van der Waals surface area contributed by atoms with Crippen LogP contribution in [0.3, 0.4) is 0 Å². The number of phenols is 1. The number of amidine groups is 1. The van der Waals surface area contributed by atoms with Crippen LogP contribution in [-0.4, -0.2) is 43.6 Å². The van der Waals surface area contributed by atoms with Crippen molar-refractivity contribution in [2.45, 2.75) is 11.7 Å². The maximum absolute atomic E-state index is 12.7. The van der Waals surface area contributed by atoms with E-state index in [1.165, 1.54) is 59.6 Å². The van der Waals surface area contributed by atoms with Gasteiger partial charge in [-0.3, -0.25) is 24.6 Å². The number of benzene rings is 2. The van der Waals surface area contributed by atoms with Crippen LogP contribution in [0.25, 0.3) is 0 Å². The number of nitro benzene ring substituents is 1. The smallest absolute Gasteiger partial charge is 0.305 e. The Bertz CT molecular complexity index is 1000. The Morgan fingerprint density at radius 1 is 1.21 bits per heavy atom. The van der Waals surface area contributed by atoms with Crippen LogP contribution < -0.4 is 4.90 Å². The Hall–Kier alpha value is -3.73. The lowest BCUT2D eigenvalue weighted by atomic mass is 10.2. The number of hydrogen-bond donors (Lipinski definition) is 2. The molecule has 1 heterocycles. The molecule has 148 valence electrons. The summed E-state index contributed by atoms with van der Waals surface area (Å²) in [4.78, 5) is 35.1. The third-order valence-electron chi connectivity index (χ3n) is 3.86. The third kappa shape index (κ3) is 4.76. The van der Waals surface area contributed by atoms with E-state index in [4.69, 9.17) is 5.11 Å². The van der Waals surface area contributed by atoms with Crippen LogP contribution in [0.5, 0.6) is 5.75 Å². The van der Waals surface area contributed by atoms with Crippen molar-refractivity contribution < 1.29 is 24.7 Å². The van der Waals surface area contributed by atoms with E-state index in [0.717, 1.165) is 11.8 Å². The number of non-ortho nitro benzene ring substituents is 1. The summed E-state index contributed by atoms with van der Waals surface area (Å²) >= 11 is 0.976. The Kier molecular flexibility index (Phi) is 5.88. The fourth-order valence-corrected chi connectivity index (χ4v) is 3.57. The van der Waals surface area contributed by atoms with E-state index in [-0.39, 0.29) is 23.0 Å². The van der Waals surface area contributed by atoms with E-state index in [1.807, 2.05) is 0 Å².